The summed E-state index contributed by atoms with van der Waals surface area (Å²) in [4.78, 5) is 27.3. The van der Waals surface area contributed by atoms with E-state index in [0.717, 1.165) is 15.6 Å². The average molecular weight is 439 g/mol. The fraction of sp³-hybridized carbons (Fsp3) is 0.0909. The predicted molar refractivity (Wildman–Crippen MR) is 108 cm³/mol. The molecule has 0 aliphatic carbocycles. The highest BCUT2D eigenvalue weighted by Crippen LogP contribution is 2.37. The molecule has 1 N–H and O–H groups in total. The molecule has 0 bridgehead atoms. The minimum Gasteiger partial charge on any atom is -0.324 e. The first-order valence-corrected chi connectivity index (χ1v) is 9.53. The Labute approximate surface area is 170 Å². The molecule has 1 atom stereocenters. The summed E-state index contributed by atoms with van der Waals surface area (Å²) in [5, 5.41) is 2.87. The zero-order valence-electron chi connectivity index (χ0n) is 14.7. The Kier molecular flexibility index (Phi) is 4.96. The molecule has 28 heavy (non-hydrogen) atoms. The normalized spacial score (nSPS) is 16.1. The highest BCUT2D eigenvalue weighted by Gasteiger charge is 2.34. The molecule has 0 saturated heterocycles. The van der Waals surface area contributed by atoms with Gasteiger partial charge >= 0.3 is 0 Å². The van der Waals surface area contributed by atoms with Crippen molar-refractivity contribution >= 4 is 33.4 Å². The molecule has 1 aliphatic heterocycles. The minimum atomic E-state index is -0.497. The summed E-state index contributed by atoms with van der Waals surface area (Å²) in [7, 11) is 0. The van der Waals surface area contributed by atoms with Crippen molar-refractivity contribution in [3.8, 4) is 0 Å². The first-order chi connectivity index (χ1) is 13.5. The van der Waals surface area contributed by atoms with E-state index < -0.39 is 17.8 Å². The van der Waals surface area contributed by atoms with Crippen LogP contribution in [0.3, 0.4) is 0 Å². The maximum absolute atomic E-state index is 13.7. The molecule has 0 spiro atoms. The van der Waals surface area contributed by atoms with Gasteiger partial charge in [0.15, 0.2) is 0 Å². The van der Waals surface area contributed by atoms with E-state index in [-0.39, 0.29) is 18.0 Å². The van der Waals surface area contributed by atoms with Crippen LogP contribution < -0.4 is 5.32 Å². The third kappa shape index (κ3) is 3.55. The Morgan fingerprint density at radius 3 is 2.57 bits per heavy atom. The van der Waals surface area contributed by atoms with Crippen molar-refractivity contribution in [3.63, 3.8) is 0 Å². The molecule has 0 radical (unpaired) electrons. The topological polar surface area (TPSA) is 49.4 Å². The van der Waals surface area contributed by atoms with Crippen molar-refractivity contribution in [3.05, 3.63) is 99.8 Å². The molecule has 4 nitrogen and oxygen atoms in total. The van der Waals surface area contributed by atoms with Crippen molar-refractivity contribution in [2.24, 2.45) is 0 Å². The van der Waals surface area contributed by atoms with E-state index in [2.05, 4.69) is 21.2 Å². The quantitative estimate of drug-likeness (QED) is 0.626. The van der Waals surface area contributed by atoms with E-state index in [0.29, 0.717) is 5.69 Å². The molecule has 3 aromatic carbocycles. The van der Waals surface area contributed by atoms with Crippen molar-refractivity contribution in [2.75, 3.05) is 11.9 Å². The van der Waals surface area contributed by atoms with Gasteiger partial charge in [-0.25, -0.2) is 4.39 Å². The molecule has 0 fully saturated rings. The van der Waals surface area contributed by atoms with Crippen LogP contribution in [0.1, 0.15) is 27.5 Å². The molecule has 3 aromatic rings. The number of hydrogen-bond donors (Lipinski definition) is 1. The number of fused-ring (bicyclic) bond motifs is 1. The lowest BCUT2D eigenvalue weighted by atomic mass is 9.95. The lowest BCUT2D eigenvalue weighted by Crippen LogP contribution is -2.39. The number of hydrogen-bond acceptors (Lipinski definition) is 2. The highest BCUT2D eigenvalue weighted by molar-refractivity contribution is 9.10. The number of anilines is 1. The summed E-state index contributed by atoms with van der Waals surface area (Å²) < 4.78 is 14.5. The maximum Gasteiger partial charge on any atom is 0.255 e. The summed E-state index contributed by atoms with van der Waals surface area (Å²) in [6.45, 7) is -0.138. The van der Waals surface area contributed by atoms with E-state index in [9.17, 15) is 14.0 Å². The first-order valence-electron chi connectivity index (χ1n) is 8.74. The summed E-state index contributed by atoms with van der Waals surface area (Å²) in [5.74, 6) is -1.20. The molecule has 0 unspecified atom stereocenters. The largest absolute Gasteiger partial charge is 0.324 e. The van der Waals surface area contributed by atoms with E-state index >= 15 is 0 Å². The Hall–Kier alpha value is -2.99. The Bertz CT molecular complexity index is 1060. The van der Waals surface area contributed by atoms with Crippen LogP contribution in [0.15, 0.2) is 77.3 Å². The Morgan fingerprint density at radius 2 is 1.82 bits per heavy atom. The van der Waals surface area contributed by atoms with Gasteiger partial charge in [0.05, 0.1) is 6.04 Å². The molecule has 1 aliphatic rings. The second kappa shape index (κ2) is 7.56. The number of rotatable bonds is 2. The van der Waals surface area contributed by atoms with Crippen LogP contribution >= 0.6 is 15.9 Å². The number of nitrogens with one attached hydrogen (secondary N) is 1. The van der Waals surface area contributed by atoms with Crippen LogP contribution in [0.4, 0.5) is 10.1 Å². The monoisotopic (exact) mass is 438 g/mol. The smallest absolute Gasteiger partial charge is 0.255 e. The number of carbonyl (C=O) groups is 2. The molecule has 0 aromatic heterocycles. The van der Waals surface area contributed by atoms with Gasteiger partial charge in [-0.2, -0.15) is 0 Å². The van der Waals surface area contributed by atoms with Crippen LogP contribution in [0.25, 0.3) is 0 Å². The second-order valence-corrected chi connectivity index (χ2v) is 7.45. The van der Waals surface area contributed by atoms with Crippen molar-refractivity contribution in [1.29, 1.82) is 0 Å². The minimum absolute atomic E-state index is 0.138. The van der Waals surface area contributed by atoms with Gasteiger partial charge in [-0.15, -0.1) is 0 Å². The fourth-order valence-corrected chi connectivity index (χ4v) is 3.83. The Balaban J connectivity index is 1.89. The summed E-state index contributed by atoms with van der Waals surface area (Å²) in [6.07, 6.45) is 0. The number of carbonyl (C=O) groups excluding carboxylic acids is 2. The fourth-order valence-electron chi connectivity index (χ4n) is 3.45. The van der Waals surface area contributed by atoms with Gasteiger partial charge in [-0.1, -0.05) is 52.3 Å². The summed E-state index contributed by atoms with van der Waals surface area (Å²) >= 11 is 3.48. The van der Waals surface area contributed by atoms with E-state index in [1.165, 1.54) is 23.1 Å². The van der Waals surface area contributed by atoms with Crippen molar-refractivity contribution < 1.29 is 14.0 Å². The van der Waals surface area contributed by atoms with Gasteiger partial charge in [0.25, 0.3) is 5.91 Å². The number of amides is 2. The summed E-state index contributed by atoms with van der Waals surface area (Å²) in [5.41, 5.74) is 2.50. The molecular weight excluding hydrogens is 423 g/mol. The van der Waals surface area contributed by atoms with Gasteiger partial charge in [-0.3, -0.25) is 9.59 Å². The molecule has 6 heteroatoms. The van der Waals surface area contributed by atoms with Crippen LogP contribution in [0, 0.1) is 5.82 Å². The molecule has 140 valence electrons. The molecule has 1 heterocycles. The highest BCUT2D eigenvalue weighted by atomic mass is 79.9. The van der Waals surface area contributed by atoms with Crippen molar-refractivity contribution in [1.82, 2.24) is 4.90 Å². The molecule has 4 rings (SSSR count). The third-order valence-electron chi connectivity index (χ3n) is 4.66. The maximum atomic E-state index is 13.7. The molecule has 2 amide bonds. The predicted octanol–water partition coefficient (Wildman–Crippen LogP) is 4.77. The van der Waals surface area contributed by atoms with Crippen LogP contribution in [-0.2, 0) is 4.79 Å². The standard InChI is InChI=1S/C22H16BrFN2O2/c23-16-9-10-19-18(12-16)21(14-5-2-1-3-6-14)26(13-20(27)25-19)22(28)15-7-4-8-17(24)11-15/h1-12,21H,13H2,(H,25,27)/t21-/m0/s1. The van der Waals surface area contributed by atoms with E-state index in [1.54, 1.807) is 6.07 Å². The molecular formula is C22H16BrFN2O2. The SMILES string of the molecule is O=C1CN(C(=O)c2cccc(F)c2)[C@@H](c2ccccc2)c2cc(Br)ccc2N1. The lowest BCUT2D eigenvalue weighted by Gasteiger charge is -2.30. The second-order valence-electron chi connectivity index (χ2n) is 6.54. The molecule has 0 saturated carbocycles. The average Bonchev–Trinajstić information content (AvgIpc) is 2.83. The van der Waals surface area contributed by atoms with Crippen LogP contribution in [-0.4, -0.2) is 23.3 Å². The van der Waals surface area contributed by atoms with Gasteiger partial charge < -0.3 is 10.2 Å². The number of halogens is 2. The number of benzene rings is 3. The zero-order valence-corrected chi connectivity index (χ0v) is 16.3. The number of nitrogens with zero attached hydrogens (tertiary/aromatic N) is 1. The third-order valence-corrected chi connectivity index (χ3v) is 5.15. The van der Waals surface area contributed by atoms with E-state index in [1.807, 2.05) is 48.5 Å². The van der Waals surface area contributed by atoms with Crippen LogP contribution in [0.2, 0.25) is 0 Å². The van der Waals surface area contributed by atoms with Gasteiger partial charge in [0, 0.05) is 21.3 Å². The van der Waals surface area contributed by atoms with Gasteiger partial charge in [-0.05, 0) is 42.0 Å². The van der Waals surface area contributed by atoms with Crippen molar-refractivity contribution in [2.45, 2.75) is 6.04 Å². The van der Waals surface area contributed by atoms with Gasteiger partial charge in [0.2, 0.25) is 5.91 Å². The Morgan fingerprint density at radius 1 is 1.04 bits per heavy atom. The van der Waals surface area contributed by atoms with Gasteiger partial charge in [0.1, 0.15) is 12.4 Å². The summed E-state index contributed by atoms with van der Waals surface area (Å²) in [6, 6.07) is 20.1. The van der Waals surface area contributed by atoms with Crippen LogP contribution in [0.5, 0.6) is 0 Å². The lowest BCUT2D eigenvalue weighted by molar-refractivity contribution is -0.117. The first kappa shape index (κ1) is 18.4. The van der Waals surface area contributed by atoms with E-state index in [4.69, 9.17) is 0 Å². The zero-order chi connectivity index (χ0) is 19.7.